The third-order valence-corrected chi connectivity index (χ3v) is 5.00. The van der Waals surface area contributed by atoms with Crippen LogP contribution in [0.2, 0.25) is 0 Å². The van der Waals surface area contributed by atoms with Gasteiger partial charge in [0.1, 0.15) is 5.82 Å². The summed E-state index contributed by atoms with van der Waals surface area (Å²) in [6.45, 7) is 3.62. The fourth-order valence-electron chi connectivity index (χ4n) is 2.18. The molecule has 3 heteroatoms. The highest BCUT2D eigenvalue weighted by Gasteiger charge is 2.16. The summed E-state index contributed by atoms with van der Waals surface area (Å²) >= 11 is 5.47. The van der Waals surface area contributed by atoms with Gasteiger partial charge in [0.05, 0.1) is 4.83 Å². The van der Waals surface area contributed by atoms with E-state index in [1.54, 1.807) is 11.8 Å². The highest BCUT2D eigenvalue weighted by molar-refractivity contribution is 9.09. The van der Waals surface area contributed by atoms with E-state index in [2.05, 4.69) is 34.3 Å². The van der Waals surface area contributed by atoms with Crippen molar-refractivity contribution in [3.05, 3.63) is 64.5 Å². The summed E-state index contributed by atoms with van der Waals surface area (Å²) in [5.74, 6) is -0.110. The van der Waals surface area contributed by atoms with E-state index in [-0.39, 0.29) is 10.6 Å². The molecule has 100 valence electrons. The molecule has 0 nitrogen and oxygen atoms in total. The van der Waals surface area contributed by atoms with Crippen LogP contribution in [0.15, 0.2) is 41.3 Å². The van der Waals surface area contributed by atoms with Gasteiger partial charge in [0, 0.05) is 4.90 Å². The minimum absolute atomic E-state index is 0.0918. The molecule has 0 fully saturated rings. The van der Waals surface area contributed by atoms with Crippen LogP contribution in [-0.2, 0) is 0 Å². The van der Waals surface area contributed by atoms with Gasteiger partial charge in [0.25, 0.3) is 0 Å². The highest BCUT2D eigenvalue weighted by atomic mass is 79.9. The van der Waals surface area contributed by atoms with E-state index >= 15 is 0 Å². The third kappa shape index (κ3) is 3.03. The molecule has 1 unspecified atom stereocenters. The molecule has 19 heavy (non-hydrogen) atoms. The number of aryl methyl sites for hydroxylation is 2. The molecular weight excluding hydrogens is 323 g/mol. The molecule has 0 spiro atoms. The average Bonchev–Trinajstić information content (AvgIpc) is 2.43. The highest BCUT2D eigenvalue weighted by Crippen LogP contribution is 2.37. The normalized spacial score (nSPS) is 12.5. The van der Waals surface area contributed by atoms with Crippen molar-refractivity contribution >= 4 is 27.7 Å². The number of rotatable bonds is 3. The van der Waals surface area contributed by atoms with Crippen LogP contribution in [0, 0.1) is 19.7 Å². The molecule has 0 aliphatic rings. The van der Waals surface area contributed by atoms with Crippen molar-refractivity contribution in [2.75, 3.05) is 6.26 Å². The summed E-state index contributed by atoms with van der Waals surface area (Å²) in [5, 5.41) is 0. The van der Waals surface area contributed by atoms with E-state index in [1.807, 2.05) is 38.1 Å². The molecule has 0 aliphatic heterocycles. The van der Waals surface area contributed by atoms with Crippen LogP contribution in [0.4, 0.5) is 4.39 Å². The van der Waals surface area contributed by atoms with Crippen LogP contribution in [0.25, 0.3) is 0 Å². The molecule has 2 rings (SSSR count). The Bertz CT molecular complexity index is 572. The SMILES string of the molecule is CSc1ccccc1C(Br)c1cc(C)c(F)c(C)c1. The quantitative estimate of drug-likeness (QED) is 0.514. The zero-order valence-electron chi connectivity index (χ0n) is 11.2. The van der Waals surface area contributed by atoms with Crippen LogP contribution in [0.1, 0.15) is 27.1 Å². The second-order valence-corrected chi connectivity index (χ2v) is 6.34. The van der Waals surface area contributed by atoms with E-state index in [9.17, 15) is 4.39 Å². The Kier molecular flexibility index (Phi) is 4.69. The number of halogens is 2. The second-order valence-electron chi connectivity index (χ2n) is 4.57. The van der Waals surface area contributed by atoms with Crippen LogP contribution < -0.4 is 0 Å². The third-order valence-electron chi connectivity index (χ3n) is 3.16. The first-order valence-electron chi connectivity index (χ1n) is 6.08. The molecule has 0 bridgehead atoms. The summed E-state index contributed by atoms with van der Waals surface area (Å²) in [5.41, 5.74) is 3.71. The Hall–Kier alpha value is -0.800. The van der Waals surface area contributed by atoms with E-state index in [0.717, 1.165) is 5.56 Å². The molecule has 2 aromatic rings. The predicted molar refractivity (Wildman–Crippen MR) is 84.9 cm³/mol. The van der Waals surface area contributed by atoms with Crippen molar-refractivity contribution in [2.45, 2.75) is 23.6 Å². The summed E-state index contributed by atoms with van der Waals surface area (Å²) in [6.07, 6.45) is 2.07. The summed E-state index contributed by atoms with van der Waals surface area (Å²) in [4.78, 5) is 1.33. The molecule has 0 amide bonds. The first kappa shape index (κ1) is 14.6. The summed E-state index contributed by atoms with van der Waals surface area (Å²) in [7, 11) is 0. The van der Waals surface area contributed by atoms with E-state index in [4.69, 9.17) is 0 Å². The topological polar surface area (TPSA) is 0 Å². The van der Waals surface area contributed by atoms with Gasteiger partial charge in [-0.2, -0.15) is 0 Å². The molecular formula is C16H16BrFS. The number of benzene rings is 2. The molecule has 0 saturated carbocycles. The van der Waals surface area contributed by atoms with Gasteiger partial charge in [-0.1, -0.05) is 46.3 Å². The first-order valence-corrected chi connectivity index (χ1v) is 8.22. The largest absolute Gasteiger partial charge is 0.206 e. The van der Waals surface area contributed by atoms with Crippen molar-refractivity contribution in [1.82, 2.24) is 0 Å². The minimum Gasteiger partial charge on any atom is -0.206 e. The molecule has 0 saturated heterocycles. The van der Waals surface area contributed by atoms with Crippen LogP contribution in [0.3, 0.4) is 0 Å². The Balaban J connectivity index is 2.47. The Morgan fingerprint density at radius 2 is 1.68 bits per heavy atom. The lowest BCUT2D eigenvalue weighted by Gasteiger charge is -2.16. The lowest BCUT2D eigenvalue weighted by molar-refractivity contribution is 0.608. The smallest absolute Gasteiger partial charge is 0.129 e. The molecule has 0 aromatic heterocycles. The molecule has 0 N–H and O–H groups in total. The van der Waals surface area contributed by atoms with Crippen molar-refractivity contribution in [3.8, 4) is 0 Å². The van der Waals surface area contributed by atoms with E-state index in [1.165, 1.54) is 10.5 Å². The Morgan fingerprint density at radius 3 is 2.26 bits per heavy atom. The maximum atomic E-state index is 13.7. The van der Waals surface area contributed by atoms with Crippen molar-refractivity contribution in [1.29, 1.82) is 0 Å². The van der Waals surface area contributed by atoms with Crippen molar-refractivity contribution in [3.63, 3.8) is 0 Å². The van der Waals surface area contributed by atoms with E-state index in [0.29, 0.717) is 11.1 Å². The van der Waals surface area contributed by atoms with Gasteiger partial charge in [0.2, 0.25) is 0 Å². The maximum absolute atomic E-state index is 13.7. The fraction of sp³-hybridized carbons (Fsp3) is 0.250. The fourth-order valence-corrected chi connectivity index (χ4v) is 3.63. The van der Waals surface area contributed by atoms with Gasteiger partial charge in [-0.25, -0.2) is 4.39 Å². The Morgan fingerprint density at radius 1 is 1.11 bits per heavy atom. The van der Waals surface area contributed by atoms with Gasteiger partial charge in [-0.05, 0) is 48.4 Å². The molecule has 0 radical (unpaired) electrons. The van der Waals surface area contributed by atoms with Gasteiger partial charge in [0.15, 0.2) is 0 Å². The minimum atomic E-state index is -0.110. The lowest BCUT2D eigenvalue weighted by Crippen LogP contribution is -1.98. The predicted octanol–water partition coefficient (Wildman–Crippen LogP) is 5.65. The number of hydrogen-bond acceptors (Lipinski definition) is 1. The van der Waals surface area contributed by atoms with Crippen molar-refractivity contribution < 1.29 is 4.39 Å². The van der Waals surface area contributed by atoms with Gasteiger partial charge in [-0.15, -0.1) is 11.8 Å². The average molecular weight is 339 g/mol. The molecule has 0 aliphatic carbocycles. The first-order chi connectivity index (χ1) is 9.04. The summed E-state index contributed by atoms with van der Waals surface area (Å²) in [6, 6.07) is 12.1. The van der Waals surface area contributed by atoms with Gasteiger partial charge >= 0.3 is 0 Å². The Labute approximate surface area is 126 Å². The molecule has 2 aromatic carbocycles. The van der Waals surface area contributed by atoms with Gasteiger partial charge < -0.3 is 0 Å². The zero-order valence-corrected chi connectivity index (χ0v) is 13.6. The molecule has 0 heterocycles. The number of hydrogen-bond donors (Lipinski definition) is 0. The van der Waals surface area contributed by atoms with Crippen molar-refractivity contribution in [2.24, 2.45) is 0 Å². The molecule has 1 atom stereocenters. The standard InChI is InChI=1S/C16H16BrFS/c1-10-8-12(9-11(2)16(10)18)15(17)13-6-4-5-7-14(13)19-3/h4-9,15H,1-3H3. The maximum Gasteiger partial charge on any atom is 0.129 e. The van der Waals surface area contributed by atoms with Gasteiger partial charge in [-0.3, -0.25) is 0 Å². The zero-order chi connectivity index (χ0) is 14.0. The second kappa shape index (κ2) is 6.10. The van der Waals surface area contributed by atoms with E-state index < -0.39 is 0 Å². The van der Waals surface area contributed by atoms with Crippen LogP contribution >= 0.6 is 27.7 Å². The number of alkyl halides is 1. The van der Waals surface area contributed by atoms with Crippen LogP contribution in [-0.4, -0.2) is 6.26 Å². The lowest BCUT2D eigenvalue weighted by atomic mass is 10.00. The number of thioether (sulfide) groups is 1. The monoisotopic (exact) mass is 338 g/mol. The summed E-state index contributed by atoms with van der Waals surface area (Å²) < 4.78 is 13.7. The van der Waals surface area contributed by atoms with Crippen LogP contribution in [0.5, 0.6) is 0 Å².